The molecule has 0 amide bonds. The third kappa shape index (κ3) is 6.58. The van der Waals surface area contributed by atoms with Gasteiger partial charge in [0, 0.05) is 5.54 Å². The molecule has 0 aromatic carbocycles. The van der Waals surface area contributed by atoms with Gasteiger partial charge in [0.1, 0.15) is 0 Å². The molecule has 0 saturated carbocycles. The molecule has 0 unspecified atom stereocenters. The third-order valence-corrected chi connectivity index (χ3v) is 2.06. The molecule has 0 radical (unpaired) electrons. The molecule has 0 aliphatic rings. The van der Waals surface area contributed by atoms with Crippen molar-refractivity contribution in [3.8, 4) is 0 Å². The van der Waals surface area contributed by atoms with Gasteiger partial charge in [-0.15, -0.1) is 0 Å². The summed E-state index contributed by atoms with van der Waals surface area (Å²) in [4.78, 5) is 0. The first-order valence-electron chi connectivity index (χ1n) is 4.68. The maximum absolute atomic E-state index is 8.67. The monoisotopic (exact) mass is 174 g/mol. The SMILES string of the molecule is CC(C)(CCCCCN)NCO. The number of rotatable bonds is 7. The summed E-state index contributed by atoms with van der Waals surface area (Å²) in [6, 6.07) is 0. The maximum atomic E-state index is 8.67. The van der Waals surface area contributed by atoms with Crippen LogP contribution in [0, 0.1) is 0 Å². The second-order valence-electron chi connectivity index (χ2n) is 3.82. The van der Waals surface area contributed by atoms with Gasteiger partial charge in [-0.25, -0.2) is 0 Å². The van der Waals surface area contributed by atoms with E-state index in [0.717, 1.165) is 19.4 Å². The first-order valence-corrected chi connectivity index (χ1v) is 4.68. The number of nitrogens with one attached hydrogen (secondary N) is 1. The Morgan fingerprint density at radius 3 is 2.42 bits per heavy atom. The molecule has 0 aliphatic heterocycles. The van der Waals surface area contributed by atoms with E-state index in [1.165, 1.54) is 12.8 Å². The topological polar surface area (TPSA) is 58.3 Å². The number of hydrogen-bond acceptors (Lipinski definition) is 3. The fraction of sp³-hybridized carbons (Fsp3) is 1.00. The predicted molar refractivity (Wildman–Crippen MR) is 51.8 cm³/mol. The van der Waals surface area contributed by atoms with Crippen LogP contribution in [0.3, 0.4) is 0 Å². The quantitative estimate of drug-likeness (QED) is 0.396. The highest BCUT2D eigenvalue weighted by Gasteiger charge is 2.14. The first-order chi connectivity index (χ1) is 5.62. The zero-order valence-electron chi connectivity index (χ0n) is 8.27. The summed E-state index contributed by atoms with van der Waals surface area (Å²) < 4.78 is 0. The summed E-state index contributed by atoms with van der Waals surface area (Å²) in [5.74, 6) is 0. The van der Waals surface area contributed by atoms with E-state index in [9.17, 15) is 0 Å². The van der Waals surface area contributed by atoms with Crippen LogP contribution in [0.25, 0.3) is 0 Å². The number of unbranched alkanes of at least 4 members (excludes halogenated alkanes) is 2. The summed E-state index contributed by atoms with van der Waals surface area (Å²) in [5.41, 5.74) is 5.44. The van der Waals surface area contributed by atoms with E-state index in [4.69, 9.17) is 10.8 Å². The zero-order chi connectivity index (χ0) is 9.45. The molecule has 0 saturated heterocycles. The van der Waals surface area contributed by atoms with Crippen molar-refractivity contribution in [2.75, 3.05) is 13.3 Å². The Kier molecular flexibility index (Phi) is 6.34. The average molecular weight is 174 g/mol. The van der Waals surface area contributed by atoms with Crippen LogP contribution in [0.15, 0.2) is 0 Å². The van der Waals surface area contributed by atoms with E-state index in [-0.39, 0.29) is 12.3 Å². The van der Waals surface area contributed by atoms with Gasteiger partial charge in [0.05, 0.1) is 6.73 Å². The van der Waals surface area contributed by atoms with Gasteiger partial charge in [0.25, 0.3) is 0 Å². The Hall–Kier alpha value is -0.120. The normalized spacial score (nSPS) is 12.0. The molecule has 0 atom stereocenters. The minimum atomic E-state index is 0.0589. The van der Waals surface area contributed by atoms with Crippen molar-refractivity contribution < 1.29 is 5.11 Å². The molecule has 3 heteroatoms. The van der Waals surface area contributed by atoms with Crippen LogP contribution in [0.2, 0.25) is 0 Å². The van der Waals surface area contributed by atoms with Gasteiger partial charge in [0.2, 0.25) is 0 Å². The average Bonchev–Trinajstić information content (AvgIpc) is 1.98. The molecular formula is C9H22N2O. The van der Waals surface area contributed by atoms with Gasteiger partial charge < -0.3 is 10.8 Å². The molecule has 0 heterocycles. The van der Waals surface area contributed by atoms with Gasteiger partial charge in [-0.1, -0.05) is 12.8 Å². The van der Waals surface area contributed by atoms with E-state index < -0.39 is 0 Å². The van der Waals surface area contributed by atoms with Crippen LogP contribution < -0.4 is 11.1 Å². The lowest BCUT2D eigenvalue weighted by atomic mass is 9.97. The molecule has 0 spiro atoms. The molecule has 4 N–H and O–H groups in total. The van der Waals surface area contributed by atoms with Gasteiger partial charge in [-0.3, -0.25) is 5.32 Å². The van der Waals surface area contributed by atoms with Gasteiger partial charge in [0.15, 0.2) is 0 Å². The molecule has 74 valence electrons. The Labute approximate surface area is 75.3 Å². The van der Waals surface area contributed by atoms with E-state index in [1.807, 2.05) is 0 Å². The van der Waals surface area contributed by atoms with Gasteiger partial charge >= 0.3 is 0 Å². The van der Waals surface area contributed by atoms with Crippen molar-refractivity contribution in [3.63, 3.8) is 0 Å². The summed E-state index contributed by atoms with van der Waals surface area (Å²) in [7, 11) is 0. The Morgan fingerprint density at radius 1 is 1.25 bits per heavy atom. The molecule has 0 fully saturated rings. The largest absolute Gasteiger partial charge is 0.381 e. The van der Waals surface area contributed by atoms with Crippen LogP contribution in [0.1, 0.15) is 39.5 Å². The zero-order valence-corrected chi connectivity index (χ0v) is 8.27. The highest BCUT2D eigenvalue weighted by Crippen LogP contribution is 2.12. The van der Waals surface area contributed by atoms with Crippen molar-refractivity contribution in [1.29, 1.82) is 0 Å². The minimum absolute atomic E-state index is 0.0589. The summed E-state index contributed by atoms with van der Waals surface area (Å²) in [6.07, 6.45) is 4.56. The van der Waals surface area contributed by atoms with Crippen molar-refractivity contribution >= 4 is 0 Å². The maximum Gasteiger partial charge on any atom is 0.0935 e. The van der Waals surface area contributed by atoms with Crippen LogP contribution in [-0.2, 0) is 0 Å². The smallest absolute Gasteiger partial charge is 0.0935 e. The molecule has 3 nitrogen and oxygen atoms in total. The Bertz CT molecular complexity index is 105. The third-order valence-electron chi connectivity index (χ3n) is 2.06. The summed E-state index contributed by atoms with van der Waals surface area (Å²) in [6.45, 7) is 5.05. The number of hydrogen-bond donors (Lipinski definition) is 3. The van der Waals surface area contributed by atoms with Crippen LogP contribution in [0.4, 0.5) is 0 Å². The molecule has 0 rings (SSSR count). The second-order valence-corrected chi connectivity index (χ2v) is 3.82. The van der Waals surface area contributed by atoms with Gasteiger partial charge in [-0.2, -0.15) is 0 Å². The Morgan fingerprint density at radius 2 is 1.92 bits per heavy atom. The van der Waals surface area contributed by atoms with E-state index in [1.54, 1.807) is 0 Å². The molecule has 12 heavy (non-hydrogen) atoms. The summed E-state index contributed by atoms with van der Waals surface area (Å²) in [5, 5.41) is 11.7. The number of aliphatic hydroxyl groups excluding tert-OH is 1. The van der Waals surface area contributed by atoms with E-state index in [2.05, 4.69) is 19.2 Å². The fourth-order valence-electron chi connectivity index (χ4n) is 1.19. The standard InChI is InChI=1S/C9H22N2O/c1-9(2,11-8-12)6-4-3-5-7-10/h11-12H,3-8,10H2,1-2H3. The van der Waals surface area contributed by atoms with E-state index in [0.29, 0.717) is 0 Å². The number of aliphatic hydroxyl groups is 1. The lowest BCUT2D eigenvalue weighted by molar-refractivity contribution is 0.201. The second kappa shape index (κ2) is 6.40. The molecule has 0 aromatic rings. The summed E-state index contributed by atoms with van der Waals surface area (Å²) >= 11 is 0. The lowest BCUT2D eigenvalue weighted by Gasteiger charge is -2.24. The lowest BCUT2D eigenvalue weighted by Crippen LogP contribution is -2.39. The Balaban J connectivity index is 3.33. The fourth-order valence-corrected chi connectivity index (χ4v) is 1.19. The molecular weight excluding hydrogens is 152 g/mol. The van der Waals surface area contributed by atoms with Crippen LogP contribution >= 0.6 is 0 Å². The minimum Gasteiger partial charge on any atom is -0.381 e. The van der Waals surface area contributed by atoms with Crippen molar-refractivity contribution in [2.24, 2.45) is 5.73 Å². The molecule has 0 aliphatic carbocycles. The van der Waals surface area contributed by atoms with Crippen molar-refractivity contribution in [2.45, 2.75) is 45.1 Å². The van der Waals surface area contributed by atoms with Crippen LogP contribution in [-0.4, -0.2) is 23.9 Å². The highest BCUT2D eigenvalue weighted by atomic mass is 16.3. The van der Waals surface area contributed by atoms with Crippen LogP contribution in [0.5, 0.6) is 0 Å². The number of nitrogens with two attached hydrogens (primary N) is 1. The molecule has 0 aromatic heterocycles. The van der Waals surface area contributed by atoms with Crippen molar-refractivity contribution in [3.05, 3.63) is 0 Å². The predicted octanol–water partition coefficient (Wildman–Crippen LogP) is 0.824. The first kappa shape index (κ1) is 11.9. The van der Waals surface area contributed by atoms with Crippen molar-refractivity contribution in [1.82, 2.24) is 5.32 Å². The van der Waals surface area contributed by atoms with E-state index >= 15 is 0 Å². The van der Waals surface area contributed by atoms with Gasteiger partial charge in [-0.05, 0) is 33.2 Å². The highest BCUT2D eigenvalue weighted by molar-refractivity contribution is 4.75. The molecule has 0 bridgehead atoms.